The van der Waals surface area contributed by atoms with E-state index in [1.165, 1.54) is 11.8 Å². The topological polar surface area (TPSA) is 81.2 Å². The normalized spacial score (nSPS) is 17.5. The number of likely N-dealkylation sites (tertiary alicyclic amines) is 1. The lowest BCUT2D eigenvalue weighted by atomic mass is 10.0. The molecule has 1 fully saturated rings. The van der Waals surface area contributed by atoms with Gasteiger partial charge in [0.15, 0.2) is 5.16 Å². The van der Waals surface area contributed by atoms with Gasteiger partial charge in [-0.3, -0.25) is 14.2 Å². The Balaban J connectivity index is 1.68. The monoisotopic (exact) mass is 422 g/mol. The number of benzene rings is 1. The third-order valence-corrected chi connectivity index (χ3v) is 5.67. The number of nitrogens with two attached hydrogens (primary N) is 1. The molecule has 1 aromatic carbocycles. The number of thioether (sulfide) groups is 1. The molecule has 0 spiro atoms. The standard InChI is InChI=1S/C17H19BrN4O2S/c18-12-4-6-13(7-5-12)21-10-8-20-17(21)25-11-15(23)22-9-2-1-3-14(22)16(19)24/h4-8,10,14H,1-3,9,11H2,(H2,19,24). The predicted octanol–water partition coefficient (Wildman–Crippen LogP) is 2.59. The molecule has 1 saturated heterocycles. The molecule has 6 nitrogen and oxygen atoms in total. The molecule has 1 unspecified atom stereocenters. The molecule has 8 heteroatoms. The maximum Gasteiger partial charge on any atom is 0.240 e. The van der Waals surface area contributed by atoms with Gasteiger partial charge in [-0.1, -0.05) is 27.7 Å². The predicted molar refractivity (Wildman–Crippen MR) is 101 cm³/mol. The highest BCUT2D eigenvalue weighted by molar-refractivity contribution is 9.10. The minimum Gasteiger partial charge on any atom is -0.368 e. The number of carbonyl (C=O) groups is 2. The largest absolute Gasteiger partial charge is 0.368 e. The summed E-state index contributed by atoms with van der Waals surface area (Å²) in [6, 6.07) is 7.39. The summed E-state index contributed by atoms with van der Waals surface area (Å²) in [5.41, 5.74) is 6.41. The van der Waals surface area contributed by atoms with Crippen LogP contribution in [0.4, 0.5) is 0 Å². The van der Waals surface area contributed by atoms with Gasteiger partial charge >= 0.3 is 0 Å². The maximum absolute atomic E-state index is 12.6. The van der Waals surface area contributed by atoms with Crippen molar-refractivity contribution in [3.8, 4) is 5.69 Å². The second kappa shape index (κ2) is 8.05. The number of primary amides is 1. The highest BCUT2D eigenvalue weighted by atomic mass is 79.9. The number of amides is 2. The van der Waals surface area contributed by atoms with Crippen LogP contribution in [-0.2, 0) is 9.59 Å². The van der Waals surface area contributed by atoms with Gasteiger partial charge in [0.25, 0.3) is 0 Å². The molecule has 0 aliphatic carbocycles. The smallest absolute Gasteiger partial charge is 0.240 e. The highest BCUT2D eigenvalue weighted by Crippen LogP contribution is 2.24. The molecule has 0 saturated carbocycles. The Kier molecular flexibility index (Phi) is 5.80. The SMILES string of the molecule is NC(=O)C1CCCCN1C(=O)CSc1nccn1-c1ccc(Br)cc1. The fraction of sp³-hybridized carbons (Fsp3) is 0.353. The van der Waals surface area contributed by atoms with E-state index in [2.05, 4.69) is 20.9 Å². The molecule has 1 aliphatic rings. The molecule has 2 amide bonds. The zero-order valence-electron chi connectivity index (χ0n) is 13.6. The molecule has 25 heavy (non-hydrogen) atoms. The van der Waals surface area contributed by atoms with Crippen molar-refractivity contribution < 1.29 is 9.59 Å². The van der Waals surface area contributed by atoms with Crippen LogP contribution >= 0.6 is 27.7 Å². The Bertz CT molecular complexity index is 762. The van der Waals surface area contributed by atoms with Crippen LogP contribution in [0.1, 0.15) is 19.3 Å². The Labute approximate surface area is 158 Å². The van der Waals surface area contributed by atoms with Crippen molar-refractivity contribution in [3.63, 3.8) is 0 Å². The molecule has 2 heterocycles. The molecular formula is C17H19BrN4O2S. The first-order valence-corrected chi connectivity index (χ1v) is 9.85. The average molecular weight is 423 g/mol. The van der Waals surface area contributed by atoms with Gasteiger partial charge in [-0.25, -0.2) is 4.98 Å². The van der Waals surface area contributed by atoms with Gasteiger partial charge in [-0.2, -0.15) is 0 Å². The summed E-state index contributed by atoms with van der Waals surface area (Å²) in [6.07, 6.45) is 6.07. The van der Waals surface area contributed by atoms with Gasteiger partial charge in [0.1, 0.15) is 6.04 Å². The Morgan fingerprint density at radius 1 is 1.28 bits per heavy atom. The third-order valence-electron chi connectivity index (χ3n) is 4.19. The van der Waals surface area contributed by atoms with Crippen molar-refractivity contribution in [2.45, 2.75) is 30.5 Å². The number of halogens is 1. The van der Waals surface area contributed by atoms with Crippen LogP contribution in [-0.4, -0.2) is 44.6 Å². The number of nitrogens with zero attached hydrogens (tertiary/aromatic N) is 3. The number of hydrogen-bond donors (Lipinski definition) is 1. The minimum absolute atomic E-state index is 0.0705. The van der Waals surface area contributed by atoms with Crippen LogP contribution in [0.5, 0.6) is 0 Å². The van der Waals surface area contributed by atoms with Crippen LogP contribution in [0.25, 0.3) is 5.69 Å². The molecule has 0 radical (unpaired) electrons. The Hall–Kier alpha value is -1.80. The first-order valence-electron chi connectivity index (χ1n) is 8.07. The molecule has 132 valence electrons. The van der Waals surface area contributed by atoms with Gasteiger partial charge in [0.05, 0.1) is 5.75 Å². The Morgan fingerprint density at radius 3 is 2.76 bits per heavy atom. The van der Waals surface area contributed by atoms with E-state index in [-0.39, 0.29) is 11.7 Å². The van der Waals surface area contributed by atoms with Crippen LogP contribution in [0.15, 0.2) is 46.3 Å². The first kappa shape index (κ1) is 18.0. The summed E-state index contributed by atoms with van der Waals surface area (Å²) in [7, 11) is 0. The van der Waals surface area contributed by atoms with Crippen molar-refractivity contribution >= 4 is 39.5 Å². The maximum atomic E-state index is 12.6. The lowest BCUT2D eigenvalue weighted by Gasteiger charge is -2.33. The van der Waals surface area contributed by atoms with E-state index >= 15 is 0 Å². The minimum atomic E-state index is -0.479. The van der Waals surface area contributed by atoms with Gasteiger partial charge in [0, 0.05) is 29.1 Å². The van der Waals surface area contributed by atoms with Crippen molar-refractivity contribution in [1.29, 1.82) is 0 Å². The second-order valence-electron chi connectivity index (χ2n) is 5.85. The van der Waals surface area contributed by atoms with Crippen LogP contribution in [0.3, 0.4) is 0 Å². The van der Waals surface area contributed by atoms with E-state index in [0.29, 0.717) is 13.0 Å². The molecule has 3 rings (SSSR count). The van der Waals surface area contributed by atoms with Crippen LogP contribution < -0.4 is 5.73 Å². The second-order valence-corrected chi connectivity index (χ2v) is 7.70. The quantitative estimate of drug-likeness (QED) is 0.750. The molecule has 1 aromatic heterocycles. The number of hydrogen-bond acceptors (Lipinski definition) is 4. The number of piperidine rings is 1. The van der Waals surface area contributed by atoms with Crippen molar-refractivity contribution in [2.24, 2.45) is 5.73 Å². The van der Waals surface area contributed by atoms with Crippen LogP contribution in [0.2, 0.25) is 0 Å². The molecule has 2 N–H and O–H groups in total. The lowest BCUT2D eigenvalue weighted by Crippen LogP contribution is -2.51. The van der Waals surface area contributed by atoms with E-state index in [4.69, 9.17) is 5.73 Å². The Morgan fingerprint density at radius 2 is 2.04 bits per heavy atom. The highest BCUT2D eigenvalue weighted by Gasteiger charge is 2.30. The summed E-state index contributed by atoms with van der Waals surface area (Å²) in [6.45, 7) is 0.591. The fourth-order valence-corrected chi connectivity index (χ4v) is 4.05. The zero-order chi connectivity index (χ0) is 17.8. The van der Waals surface area contributed by atoms with Gasteiger partial charge in [-0.05, 0) is 43.5 Å². The fourth-order valence-electron chi connectivity index (χ4n) is 2.93. The zero-order valence-corrected chi connectivity index (χ0v) is 16.0. The number of carbonyl (C=O) groups excluding carboxylic acids is 2. The van der Waals surface area contributed by atoms with Gasteiger partial charge in [0.2, 0.25) is 11.8 Å². The lowest BCUT2D eigenvalue weighted by molar-refractivity contribution is -0.138. The summed E-state index contributed by atoms with van der Waals surface area (Å²) in [5, 5.41) is 0.739. The average Bonchev–Trinajstić information content (AvgIpc) is 3.09. The van der Waals surface area contributed by atoms with Gasteiger partial charge in [-0.15, -0.1) is 0 Å². The van der Waals surface area contributed by atoms with Crippen LogP contribution in [0, 0.1) is 0 Å². The van der Waals surface area contributed by atoms with E-state index < -0.39 is 11.9 Å². The van der Waals surface area contributed by atoms with E-state index in [1.807, 2.05) is 35.0 Å². The van der Waals surface area contributed by atoms with E-state index in [9.17, 15) is 9.59 Å². The van der Waals surface area contributed by atoms with Gasteiger partial charge < -0.3 is 10.6 Å². The van der Waals surface area contributed by atoms with E-state index in [1.54, 1.807) is 11.1 Å². The van der Waals surface area contributed by atoms with Crippen molar-refractivity contribution in [2.75, 3.05) is 12.3 Å². The summed E-state index contributed by atoms with van der Waals surface area (Å²) in [4.78, 5) is 30.1. The number of aromatic nitrogens is 2. The first-order chi connectivity index (χ1) is 12.1. The molecule has 2 aromatic rings. The number of rotatable bonds is 5. The molecule has 1 atom stereocenters. The molecular weight excluding hydrogens is 404 g/mol. The van der Waals surface area contributed by atoms with Crippen molar-refractivity contribution in [1.82, 2.24) is 14.5 Å². The number of imidazole rings is 1. The van der Waals surface area contributed by atoms with E-state index in [0.717, 1.165) is 28.2 Å². The third kappa shape index (κ3) is 4.24. The molecule has 1 aliphatic heterocycles. The summed E-state index contributed by atoms with van der Waals surface area (Å²) < 4.78 is 2.94. The summed E-state index contributed by atoms with van der Waals surface area (Å²) >= 11 is 4.79. The van der Waals surface area contributed by atoms with Crippen molar-refractivity contribution in [3.05, 3.63) is 41.1 Å². The molecule has 0 bridgehead atoms. The summed E-state index contributed by atoms with van der Waals surface area (Å²) in [5.74, 6) is -0.259.